The lowest BCUT2D eigenvalue weighted by molar-refractivity contribution is -0.120. The summed E-state index contributed by atoms with van der Waals surface area (Å²) < 4.78 is 10.9. The van der Waals surface area contributed by atoms with Gasteiger partial charge >= 0.3 is 0 Å². The van der Waals surface area contributed by atoms with E-state index < -0.39 is 0 Å². The molecule has 1 saturated heterocycles. The number of anilines is 1. The van der Waals surface area contributed by atoms with Crippen LogP contribution >= 0.6 is 24.0 Å². The van der Waals surface area contributed by atoms with E-state index in [-0.39, 0.29) is 11.8 Å². The molecule has 0 atom stereocenters. The Balaban J connectivity index is 1.60. The first kappa shape index (κ1) is 21.8. The number of amides is 2. The van der Waals surface area contributed by atoms with Gasteiger partial charge in [-0.1, -0.05) is 48.2 Å². The molecule has 162 valence electrons. The third-order valence-corrected chi connectivity index (χ3v) is 6.18. The number of thioether (sulfide) groups is 1. The van der Waals surface area contributed by atoms with Gasteiger partial charge in [0.15, 0.2) is 15.8 Å². The Kier molecular flexibility index (Phi) is 6.11. The Morgan fingerprint density at radius 3 is 2.41 bits per heavy atom. The zero-order chi connectivity index (χ0) is 22.8. The molecule has 2 amide bonds. The van der Waals surface area contributed by atoms with Gasteiger partial charge in [0.1, 0.15) is 0 Å². The third-order valence-electron chi connectivity index (χ3n) is 4.85. The summed E-state index contributed by atoms with van der Waals surface area (Å²) in [6, 6.07) is 14.5. The van der Waals surface area contributed by atoms with Crippen molar-refractivity contribution in [1.82, 2.24) is 4.90 Å². The number of hydrazone groups is 1. The van der Waals surface area contributed by atoms with Crippen LogP contribution in [-0.4, -0.2) is 41.0 Å². The van der Waals surface area contributed by atoms with Crippen molar-refractivity contribution < 1.29 is 19.1 Å². The second-order valence-corrected chi connectivity index (χ2v) is 8.52. The smallest absolute Gasteiger partial charge is 0.282 e. The van der Waals surface area contributed by atoms with Gasteiger partial charge in [0.2, 0.25) is 0 Å². The number of hydrogen-bond acceptors (Lipinski definition) is 7. The van der Waals surface area contributed by atoms with Gasteiger partial charge in [0, 0.05) is 6.20 Å². The van der Waals surface area contributed by atoms with Gasteiger partial charge in [-0.05, 0) is 42.8 Å². The van der Waals surface area contributed by atoms with E-state index in [0.29, 0.717) is 37.7 Å². The Morgan fingerprint density at radius 2 is 1.72 bits per heavy atom. The molecule has 2 aromatic rings. The molecule has 2 aliphatic heterocycles. The number of thiocarbonyl (C=S) groups is 1. The van der Waals surface area contributed by atoms with E-state index in [1.54, 1.807) is 51.5 Å². The molecule has 2 aliphatic rings. The van der Waals surface area contributed by atoms with Gasteiger partial charge in [-0.25, -0.2) is 0 Å². The van der Waals surface area contributed by atoms with Gasteiger partial charge in [-0.2, -0.15) is 10.1 Å². The predicted octanol–water partition coefficient (Wildman–Crippen LogP) is 4.21. The number of rotatable bonds is 5. The van der Waals surface area contributed by atoms with Crippen LogP contribution in [0, 0.1) is 0 Å². The van der Waals surface area contributed by atoms with Gasteiger partial charge < -0.3 is 9.47 Å². The Bertz CT molecular complexity index is 1200. The summed E-state index contributed by atoms with van der Waals surface area (Å²) in [5.74, 6) is 0.537. The van der Waals surface area contributed by atoms with Crippen molar-refractivity contribution in [1.29, 1.82) is 0 Å². The molecule has 0 radical (unpaired) electrons. The highest BCUT2D eigenvalue weighted by Gasteiger charge is 2.35. The summed E-state index contributed by atoms with van der Waals surface area (Å²) in [5.41, 5.74) is 2.24. The number of para-hydroxylation sites is 1. The van der Waals surface area contributed by atoms with Crippen LogP contribution in [0.25, 0.3) is 6.08 Å². The van der Waals surface area contributed by atoms with Crippen LogP contribution < -0.4 is 14.5 Å². The van der Waals surface area contributed by atoms with Crippen molar-refractivity contribution in [3.8, 4) is 11.5 Å². The number of hydrogen-bond donors (Lipinski definition) is 0. The van der Waals surface area contributed by atoms with Crippen LogP contribution in [0.15, 0.2) is 70.3 Å². The van der Waals surface area contributed by atoms with Crippen LogP contribution in [0.2, 0.25) is 0 Å². The highest BCUT2D eigenvalue weighted by Crippen LogP contribution is 2.35. The Morgan fingerprint density at radius 1 is 1.00 bits per heavy atom. The van der Waals surface area contributed by atoms with Gasteiger partial charge in [0.05, 0.1) is 36.1 Å². The minimum absolute atomic E-state index is 0.305. The number of carbonyl (C=O) groups is 2. The van der Waals surface area contributed by atoms with Crippen molar-refractivity contribution in [3.05, 3.63) is 70.8 Å². The highest BCUT2D eigenvalue weighted by molar-refractivity contribution is 8.26. The zero-order valence-electron chi connectivity index (χ0n) is 17.6. The van der Waals surface area contributed by atoms with E-state index in [1.165, 1.54) is 27.9 Å². The van der Waals surface area contributed by atoms with Crippen LogP contribution in [0.4, 0.5) is 5.69 Å². The first-order valence-corrected chi connectivity index (χ1v) is 10.8. The molecule has 0 unspecified atom stereocenters. The standard InChI is InChI=1S/C23H19N3O4S2/c1-14-17(21(27)26(24-14)16-7-5-4-6-8-16)13-25-22(28)20(32-23(25)31)12-15-9-10-18(29-2)19(11-15)30-3/h4-13H,1-3H3/b17-13+,20-12+. The maximum Gasteiger partial charge on any atom is 0.282 e. The Hall–Kier alpha value is -3.43. The van der Waals surface area contributed by atoms with Crippen molar-refractivity contribution in [2.45, 2.75) is 6.92 Å². The largest absolute Gasteiger partial charge is 0.493 e. The molecular formula is C23H19N3O4S2. The zero-order valence-corrected chi connectivity index (χ0v) is 19.2. The van der Waals surface area contributed by atoms with Gasteiger partial charge in [-0.3, -0.25) is 14.5 Å². The fourth-order valence-electron chi connectivity index (χ4n) is 3.23. The number of benzene rings is 2. The van der Waals surface area contributed by atoms with Crippen molar-refractivity contribution in [2.24, 2.45) is 5.10 Å². The molecule has 0 aliphatic carbocycles. The molecule has 0 spiro atoms. The average molecular weight is 466 g/mol. The number of carbonyl (C=O) groups excluding carboxylic acids is 2. The maximum atomic E-state index is 13.0. The molecule has 32 heavy (non-hydrogen) atoms. The quantitative estimate of drug-likeness (QED) is 0.487. The van der Waals surface area contributed by atoms with E-state index in [2.05, 4.69) is 5.10 Å². The number of nitrogens with zero attached hydrogens (tertiary/aromatic N) is 3. The predicted molar refractivity (Wildman–Crippen MR) is 130 cm³/mol. The van der Waals surface area contributed by atoms with Crippen LogP contribution in [0.1, 0.15) is 12.5 Å². The lowest BCUT2D eigenvalue weighted by Crippen LogP contribution is -2.26. The van der Waals surface area contributed by atoms with Gasteiger partial charge in [-0.15, -0.1) is 0 Å². The molecule has 1 fully saturated rings. The summed E-state index contributed by atoms with van der Waals surface area (Å²) in [6.45, 7) is 1.73. The second-order valence-electron chi connectivity index (χ2n) is 6.85. The maximum absolute atomic E-state index is 13.0. The summed E-state index contributed by atoms with van der Waals surface area (Å²) in [6.07, 6.45) is 3.20. The molecule has 0 saturated carbocycles. The number of ether oxygens (including phenoxy) is 2. The minimum Gasteiger partial charge on any atom is -0.493 e. The normalized spacial score (nSPS) is 18.7. The molecule has 0 N–H and O–H groups in total. The van der Waals surface area contributed by atoms with E-state index in [9.17, 15) is 9.59 Å². The molecular weight excluding hydrogens is 446 g/mol. The Labute approximate surface area is 195 Å². The van der Waals surface area contributed by atoms with Crippen LogP contribution in [-0.2, 0) is 9.59 Å². The monoisotopic (exact) mass is 465 g/mol. The van der Waals surface area contributed by atoms with Crippen molar-refractivity contribution in [3.63, 3.8) is 0 Å². The molecule has 0 bridgehead atoms. The van der Waals surface area contributed by atoms with Gasteiger partial charge in [0.25, 0.3) is 11.8 Å². The molecule has 2 heterocycles. The number of methoxy groups -OCH3 is 2. The molecule has 0 aromatic heterocycles. The summed E-state index contributed by atoms with van der Waals surface area (Å²) in [4.78, 5) is 27.7. The first-order valence-electron chi connectivity index (χ1n) is 9.59. The van der Waals surface area contributed by atoms with E-state index in [4.69, 9.17) is 21.7 Å². The fourth-order valence-corrected chi connectivity index (χ4v) is 4.43. The average Bonchev–Trinajstić information content (AvgIpc) is 3.24. The SMILES string of the molecule is COc1ccc(/C=C2/SC(=S)N(/C=C3/C(=O)N(c4ccccc4)N=C3C)C2=O)cc1OC. The molecule has 9 heteroatoms. The van der Waals surface area contributed by atoms with Crippen molar-refractivity contribution in [2.75, 3.05) is 19.2 Å². The van der Waals surface area contributed by atoms with E-state index in [1.807, 2.05) is 24.3 Å². The molecule has 7 nitrogen and oxygen atoms in total. The van der Waals surface area contributed by atoms with Crippen LogP contribution in [0.5, 0.6) is 11.5 Å². The summed E-state index contributed by atoms with van der Waals surface area (Å²) >= 11 is 6.58. The summed E-state index contributed by atoms with van der Waals surface area (Å²) in [5, 5.41) is 5.66. The third kappa shape index (κ3) is 4.04. The highest BCUT2D eigenvalue weighted by atomic mass is 32.2. The molecule has 2 aromatic carbocycles. The first-order chi connectivity index (χ1) is 15.4. The fraction of sp³-hybridized carbons (Fsp3) is 0.130. The lowest BCUT2D eigenvalue weighted by atomic mass is 10.1. The topological polar surface area (TPSA) is 71.4 Å². The molecule has 4 rings (SSSR count). The van der Waals surface area contributed by atoms with E-state index >= 15 is 0 Å². The van der Waals surface area contributed by atoms with Crippen LogP contribution in [0.3, 0.4) is 0 Å². The second kappa shape index (κ2) is 8.97. The summed E-state index contributed by atoms with van der Waals surface area (Å²) in [7, 11) is 3.11. The van der Waals surface area contributed by atoms with Crippen molar-refractivity contribution >= 4 is 57.6 Å². The lowest BCUT2D eigenvalue weighted by Gasteiger charge is -2.12. The van der Waals surface area contributed by atoms with E-state index in [0.717, 1.165) is 5.56 Å². The minimum atomic E-state index is -0.313.